The van der Waals surface area contributed by atoms with Crippen molar-refractivity contribution in [1.29, 1.82) is 0 Å². The van der Waals surface area contributed by atoms with Crippen molar-refractivity contribution in [3.8, 4) is 0 Å². The van der Waals surface area contributed by atoms with Crippen molar-refractivity contribution in [3.05, 3.63) is 0 Å². The fourth-order valence-electron chi connectivity index (χ4n) is 0.421. The molecular formula is C8H16MnN2. The number of hydrogen-bond acceptors (Lipinski definition) is 2. The first kappa shape index (κ1) is 13.4. The first-order valence-corrected chi connectivity index (χ1v) is 3.68. The van der Waals surface area contributed by atoms with Gasteiger partial charge in [-0.3, -0.25) is 9.98 Å². The molecule has 0 aromatic carbocycles. The molecule has 0 N–H and O–H groups in total. The van der Waals surface area contributed by atoms with E-state index in [1.807, 2.05) is 27.7 Å². The van der Waals surface area contributed by atoms with E-state index in [0.29, 0.717) is 12.1 Å². The summed E-state index contributed by atoms with van der Waals surface area (Å²) in [7, 11) is 0. The van der Waals surface area contributed by atoms with Crippen LogP contribution in [0.25, 0.3) is 0 Å². The van der Waals surface area contributed by atoms with Crippen LogP contribution in [0.3, 0.4) is 0 Å². The minimum Gasteiger partial charge on any atom is -0.289 e. The standard InChI is InChI=1S/C8H16N2.Mn/c1-7(2)9-5-6-10-8(3)4;/h5-8H,1-4H3;. The van der Waals surface area contributed by atoms with E-state index in [-0.39, 0.29) is 17.1 Å². The maximum atomic E-state index is 4.12. The third kappa shape index (κ3) is 12.9. The van der Waals surface area contributed by atoms with Crippen LogP contribution in [-0.2, 0) is 17.1 Å². The van der Waals surface area contributed by atoms with Gasteiger partial charge in [0.1, 0.15) is 0 Å². The summed E-state index contributed by atoms with van der Waals surface area (Å²) in [5.41, 5.74) is 0. The molecule has 0 rings (SSSR count). The van der Waals surface area contributed by atoms with Crippen LogP contribution in [0.1, 0.15) is 27.7 Å². The van der Waals surface area contributed by atoms with E-state index in [2.05, 4.69) is 9.98 Å². The van der Waals surface area contributed by atoms with Gasteiger partial charge < -0.3 is 0 Å². The maximum absolute atomic E-state index is 4.12. The number of aliphatic imine (C=N–C) groups is 2. The number of hydrogen-bond donors (Lipinski definition) is 0. The summed E-state index contributed by atoms with van der Waals surface area (Å²) in [5.74, 6) is 0. The van der Waals surface area contributed by atoms with Crippen LogP contribution in [0, 0.1) is 0 Å². The van der Waals surface area contributed by atoms with Gasteiger partial charge in [-0.2, -0.15) is 0 Å². The van der Waals surface area contributed by atoms with Gasteiger partial charge in [0.25, 0.3) is 0 Å². The predicted molar refractivity (Wildman–Crippen MR) is 47.3 cm³/mol. The molecule has 3 heteroatoms. The summed E-state index contributed by atoms with van der Waals surface area (Å²) in [4.78, 5) is 8.24. The monoisotopic (exact) mass is 195 g/mol. The van der Waals surface area contributed by atoms with Gasteiger partial charge in [-0.25, -0.2) is 0 Å². The molecule has 0 aliphatic heterocycles. The van der Waals surface area contributed by atoms with Crippen molar-refractivity contribution in [2.24, 2.45) is 9.98 Å². The Morgan fingerprint density at radius 3 is 1.27 bits per heavy atom. The summed E-state index contributed by atoms with van der Waals surface area (Å²) >= 11 is 0. The normalized spacial score (nSPS) is 11.8. The van der Waals surface area contributed by atoms with Gasteiger partial charge >= 0.3 is 0 Å². The Kier molecular flexibility index (Phi) is 9.73. The molecule has 0 heterocycles. The first-order valence-electron chi connectivity index (χ1n) is 3.68. The van der Waals surface area contributed by atoms with Crippen molar-refractivity contribution < 1.29 is 17.1 Å². The SMILES string of the molecule is CC(C)N=CC=NC(C)C.[Mn]. The van der Waals surface area contributed by atoms with Crippen molar-refractivity contribution in [2.45, 2.75) is 39.8 Å². The van der Waals surface area contributed by atoms with Crippen molar-refractivity contribution in [3.63, 3.8) is 0 Å². The Bertz CT molecular complexity index is 112. The Labute approximate surface area is 79.7 Å². The average Bonchev–Trinajstić information content (AvgIpc) is 1.79. The molecule has 0 aliphatic carbocycles. The van der Waals surface area contributed by atoms with E-state index in [0.717, 1.165) is 0 Å². The van der Waals surface area contributed by atoms with Gasteiger partial charge in [-0.1, -0.05) is 0 Å². The van der Waals surface area contributed by atoms with E-state index >= 15 is 0 Å². The van der Waals surface area contributed by atoms with E-state index in [4.69, 9.17) is 0 Å². The second-order valence-electron chi connectivity index (χ2n) is 2.78. The van der Waals surface area contributed by atoms with Gasteiger partial charge in [0.15, 0.2) is 0 Å². The van der Waals surface area contributed by atoms with E-state index in [9.17, 15) is 0 Å². The molecule has 0 aromatic heterocycles. The van der Waals surface area contributed by atoms with Gasteiger partial charge in [0, 0.05) is 41.6 Å². The molecule has 0 spiro atoms. The molecule has 0 saturated carbocycles. The quantitative estimate of drug-likeness (QED) is 0.485. The Balaban J connectivity index is 0. The summed E-state index contributed by atoms with van der Waals surface area (Å²) in [5, 5.41) is 0. The summed E-state index contributed by atoms with van der Waals surface area (Å²) in [6, 6.07) is 0.747. The molecule has 0 saturated heterocycles. The molecule has 1 radical (unpaired) electrons. The molecule has 0 fully saturated rings. The van der Waals surface area contributed by atoms with Crippen LogP contribution in [0.4, 0.5) is 0 Å². The zero-order valence-electron chi connectivity index (χ0n) is 7.58. The average molecular weight is 195 g/mol. The molecule has 0 bridgehead atoms. The zero-order valence-corrected chi connectivity index (χ0v) is 8.76. The third-order valence-corrected chi connectivity index (χ3v) is 0.835. The Morgan fingerprint density at radius 2 is 1.09 bits per heavy atom. The molecule has 0 amide bonds. The fourth-order valence-corrected chi connectivity index (χ4v) is 0.421. The van der Waals surface area contributed by atoms with Crippen LogP contribution in [-0.4, -0.2) is 24.5 Å². The summed E-state index contributed by atoms with van der Waals surface area (Å²) in [6.45, 7) is 8.17. The minimum absolute atomic E-state index is 0. The zero-order chi connectivity index (χ0) is 7.98. The molecule has 0 aromatic rings. The topological polar surface area (TPSA) is 24.7 Å². The molecule has 2 nitrogen and oxygen atoms in total. The van der Waals surface area contributed by atoms with Crippen molar-refractivity contribution in [2.75, 3.05) is 0 Å². The second-order valence-corrected chi connectivity index (χ2v) is 2.78. The van der Waals surface area contributed by atoms with E-state index in [1.165, 1.54) is 0 Å². The molecule has 0 atom stereocenters. The Morgan fingerprint density at radius 1 is 0.818 bits per heavy atom. The number of rotatable bonds is 3. The van der Waals surface area contributed by atoms with Crippen molar-refractivity contribution in [1.82, 2.24) is 0 Å². The second kappa shape index (κ2) is 7.96. The largest absolute Gasteiger partial charge is 0.289 e. The van der Waals surface area contributed by atoms with E-state index < -0.39 is 0 Å². The molecule has 0 aliphatic rings. The predicted octanol–water partition coefficient (Wildman–Crippen LogP) is 1.94. The van der Waals surface area contributed by atoms with Crippen LogP contribution in [0.2, 0.25) is 0 Å². The minimum atomic E-state index is 0. The molecule has 65 valence electrons. The van der Waals surface area contributed by atoms with Gasteiger partial charge in [-0.15, -0.1) is 0 Å². The fraction of sp³-hybridized carbons (Fsp3) is 0.750. The van der Waals surface area contributed by atoms with Crippen LogP contribution < -0.4 is 0 Å². The van der Waals surface area contributed by atoms with Gasteiger partial charge in [-0.05, 0) is 27.7 Å². The summed E-state index contributed by atoms with van der Waals surface area (Å²) < 4.78 is 0. The van der Waals surface area contributed by atoms with Crippen LogP contribution in [0.15, 0.2) is 9.98 Å². The van der Waals surface area contributed by atoms with Crippen LogP contribution in [0.5, 0.6) is 0 Å². The van der Waals surface area contributed by atoms with Gasteiger partial charge in [0.05, 0.1) is 0 Å². The third-order valence-electron chi connectivity index (χ3n) is 0.835. The smallest absolute Gasteiger partial charge is 0.0443 e. The van der Waals surface area contributed by atoms with E-state index in [1.54, 1.807) is 12.4 Å². The van der Waals surface area contributed by atoms with Gasteiger partial charge in [0.2, 0.25) is 0 Å². The molecule has 0 unspecified atom stereocenters. The maximum Gasteiger partial charge on any atom is 0.0443 e. The van der Waals surface area contributed by atoms with Crippen molar-refractivity contribution >= 4 is 12.4 Å². The van der Waals surface area contributed by atoms with Crippen LogP contribution >= 0.6 is 0 Å². The molecule has 11 heavy (non-hydrogen) atoms. The molecular weight excluding hydrogens is 179 g/mol. The first-order chi connectivity index (χ1) is 4.63. The Hall–Kier alpha value is -0.141. The number of nitrogens with zero attached hydrogens (tertiary/aromatic N) is 2. The summed E-state index contributed by atoms with van der Waals surface area (Å²) in [6.07, 6.45) is 3.51.